The second-order valence-corrected chi connectivity index (χ2v) is 7.33. The van der Waals surface area contributed by atoms with Gasteiger partial charge in [-0.05, 0) is 62.8 Å². The van der Waals surface area contributed by atoms with Crippen molar-refractivity contribution in [3.63, 3.8) is 0 Å². The zero-order valence-electron chi connectivity index (χ0n) is 15.2. The number of likely N-dealkylation sites (N-methyl/N-ethyl adjacent to an activating group) is 1. The van der Waals surface area contributed by atoms with Gasteiger partial charge in [-0.2, -0.15) is 0 Å². The number of nitrogens with one attached hydrogen (secondary N) is 1. The molecule has 1 unspecified atom stereocenters. The Morgan fingerprint density at radius 2 is 1.62 bits per heavy atom. The zero-order chi connectivity index (χ0) is 17.7. The summed E-state index contributed by atoms with van der Waals surface area (Å²) in [5.74, 6) is -0.231. The molecule has 4 nitrogen and oxygen atoms in total. The van der Waals surface area contributed by atoms with Crippen LogP contribution in [0, 0.1) is 0 Å². The largest absolute Gasteiger partial charge is 0.324 e. The average molecular weight is 463 g/mol. The van der Waals surface area contributed by atoms with E-state index in [0.717, 1.165) is 28.7 Å². The van der Waals surface area contributed by atoms with Crippen LogP contribution in [-0.4, -0.2) is 31.4 Å². The zero-order valence-corrected chi connectivity index (χ0v) is 18.4. The molecule has 7 heteroatoms. The maximum atomic E-state index is 12.6. The third kappa shape index (κ3) is 6.89. The van der Waals surface area contributed by atoms with Crippen molar-refractivity contribution in [2.45, 2.75) is 18.9 Å². The fraction of sp³-hybridized carbons (Fsp3) is 0.316. The number of anilines is 1. The van der Waals surface area contributed by atoms with E-state index in [-0.39, 0.29) is 30.7 Å². The highest BCUT2D eigenvalue weighted by Crippen LogP contribution is 2.22. The van der Waals surface area contributed by atoms with Crippen molar-refractivity contribution >= 4 is 52.3 Å². The molecule has 26 heavy (non-hydrogen) atoms. The summed E-state index contributed by atoms with van der Waals surface area (Å²) in [6, 6.07) is 15.4. The van der Waals surface area contributed by atoms with E-state index in [1.165, 1.54) is 5.56 Å². The van der Waals surface area contributed by atoms with E-state index in [0.29, 0.717) is 0 Å². The Balaban J connectivity index is 0.00000312. The van der Waals surface area contributed by atoms with Gasteiger partial charge in [0, 0.05) is 16.7 Å². The second-order valence-electron chi connectivity index (χ2n) is 6.41. The maximum absolute atomic E-state index is 12.6. The van der Waals surface area contributed by atoms with Crippen LogP contribution in [0.2, 0.25) is 0 Å². The minimum Gasteiger partial charge on any atom is -0.324 e. The first-order valence-electron chi connectivity index (χ1n) is 7.89. The Morgan fingerprint density at radius 3 is 2.12 bits per heavy atom. The van der Waals surface area contributed by atoms with E-state index < -0.39 is 5.54 Å². The highest BCUT2D eigenvalue weighted by molar-refractivity contribution is 9.10. The number of amides is 1. The number of nitrogens with two attached hydrogens (primary N) is 1. The predicted molar refractivity (Wildman–Crippen MR) is 118 cm³/mol. The highest BCUT2D eigenvalue weighted by atomic mass is 79.9. The molecule has 0 aliphatic heterocycles. The molecule has 0 radical (unpaired) electrons. The van der Waals surface area contributed by atoms with Crippen LogP contribution in [0.4, 0.5) is 5.69 Å². The van der Waals surface area contributed by atoms with Crippen LogP contribution in [0.15, 0.2) is 53.0 Å². The molecule has 1 atom stereocenters. The average Bonchev–Trinajstić information content (AvgIpc) is 2.54. The first-order valence-corrected chi connectivity index (χ1v) is 8.68. The van der Waals surface area contributed by atoms with Crippen LogP contribution in [0.3, 0.4) is 0 Å². The normalized spacial score (nSPS) is 12.5. The van der Waals surface area contributed by atoms with Gasteiger partial charge in [0.25, 0.3) is 0 Å². The Kier molecular flexibility index (Phi) is 10.4. The lowest BCUT2D eigenvalue weighted by atomic mass is 9.92. The van der Waals surface area contributed by atoms with Crippen LogP contribution >= 0.6 is 40.7 Å². The molecule has 2 rings (SSSR count). The summed E-state index contributed by atoms with van der Waals surface area (Å²) in [6.45, 7) is 2.72. The van der Waals surface area contributed by atoms with Crippen molar-refractivity contribution in [3.8, 4) is 0 Å². The monoisotopic (exact) mass is 461 g/mol. The van der Waals surface area contributed by atoms with Crippen LogP contribution in [-0.2, 0) is 16.8 Å². The molecule has 0 aromatic heterocycles. The molecule has 1 amide bonds. The molecule has 0 saturated heterocycles. The summed E-state index contributed by atoms with van der Waals surface area (Å²) >= 11 is 3.39. The summed E-state index contributed by atoms with van der Waals surface area (Å²) in [5.41, 5.74) is 7.93. The Morgan fingerprint density at radius 1 is 1.08 bits per heavy atom. The number of carbonyl (C=O) groups is 1. The molecule has 0 aliphatic rings. The number of benzene rings is 2. The minimum atomic E-state index is -1.09. The molecule has 0 fully saturated rings. The molecule has 144 valence electrons. The molecule has 0 saturated carbocycles. The molecular formula is C19H26BrCl2N3O. The van der Waals surface area contributed by atoms with E-state index in [2.05, 4.69) is 40.2 Å². The van der Waals surface area contributed by atoms with Crippen molar-refractivity contribution in [1.29, 1.82) is 0 Å². The van der Waals surface area contributed by atoms with Crippen molar-refractivity contribution < 1.29 is 4.79 Å². The van der Waals surface area contributed by atoms with E-state index in [1.807, 2.05) is 48.5 Å². The van der Waals surface area contributed by atoms with E-state index in [9.17, 15) is 4.79 Å². The van der Waals surface area contributed by atoms with E-state index in [1.54, 1.807) is 6.92 Å². The van der Waals surface area contributed by atoms with Crippen molar-refractivity contribution in [1.82, 2.24) is 4.90 Å². The Labute approximate surface area is 176 Å². The molecule has 2 aromatic rings. The number of carbonyl (C=O) groups excluding carboxylic acids is 1. The van der Waals surface area contributed by atoms with Crippen LogP contribution in [0.1, 0.15) is 18.1 Å². The lowest BCUT2D eigenvalue weighted by molar-refractivity contribution is -0.120. The Hall–Kier alpha value is -1.11. The minimum absolute atomic E-state index is 0. The van der Waals surface area contributed by atoms with Gasteiger partial charge in [0.05, 0.1) is 0 Å². The van der Waals surface area contributed by atoms with Crippen molar-refractivity contribution in [2.24, 2.45) is 5.73 Å². The van der Waals surface area contributed by atoms with Gasteiger partial charge in [0.2, 0.25) is 5.91 Å². The van der Waals surface area contributed by atoms with Crippen LogP contribution in [0.5, 0.6) is 0 Å². The van der Waals surface area contributed by atoms with Gasteiger partial charge in [-0.15, -0.1) is 24.8 Å². The smallest absolute Gasteiger partial charge is 0.248 e. The fourth-order valence-electron chi connectivity index (χ4n) is 2.30. The van der Waals surface area contributed by atoms with Gasteiger partial charge in [0.1, 0.15) is 5.54 Å². The SMILES string of the molecule is CN(C)CCc1ccc(NC(=O)C(C)(N)c2ccc(Br)cc2)cc1.Cl.Cl. The molecule has 0 aliphatic carbocycles. The number of rotatable bonds is 6. The third-order valence-electron chi connectivity index (χ3n) is 3.98. The van der Waals surface area contributed by atoms with Gasteiger partial charge < -0.3 is 16.0 Å². The van der Waals surface area contributed by atoms with Crippen LogP contribution < -0.4 is 11.1 Å². The van der Waals surface area contributed by atoms with Gasteiger partial charge in [-0.1, -0.05) is 40.2 Å². The summed E-state index contributed by atoms with van der Waals surface area (Å²) in [4.78, 5) is 14.7. The lowest BCUT2D eigenvalue weighted by Crippen LogP contribution is -2.45. The van der Waals surface area contributed by atoms with Crippen LogP contribution in [0.25, 0.3) is 0 Å². The predicted octanol–water partition coefficient (Wildman–Crippen LogP) is 4.21. The summed E-state index contributed by atoms with van der Waals surface area (Å²) in [7, 11) is 4.11. The third-order valence-corrected chi connectivity index (χ3v) is 4.50. The first kappa shape index (κ1) is 24.9. The van der Waals surface area contributed by atoms with E-state index >= 15 is 0 Å². The second kappa shape index (κ2) is 10.9. The van der Waals surface area contributed by atoms with Gasteiger partial charge in [-0.25, -0.2) is 0 Å². The first-order chi connectivity index (χ1) is 11.3. The van der Waals surface area contributed by atoms with Crippen molar-refractivity contribution in [2.75, 3.05) is 26.0 Å². The molecular weight excluding hydrogens is 437 g/mol. The number of hydrogen-bond donors (Lipinski definition) is 2. The fourth-order valence-corrected chi connectivity index (χ4v) is 2.56. The molecule has 0 spiro atoms. The van der Waals surface area contributed by atoms with E-state index in [4.69, 9.17) is 5.73 Å². The van der Waals surface area contributed by atoms with Gasteiger partial charge >= 0.3 is 0 Å². The van der Waals surface area contributed by atoms with Crippen molar-refractivity contribution in [3.05, 3.63) is 64.1 Å². The number of nitrogens with zero attached hydrogens (tertiary/aromatic N) is 1. The molecule has 3 N–H and O–H groups in total. The summed E-state index contributed by atoms with van der Waals surface area (Å²) in [5, 5.41) is 2.90. The molecule has 2 aromatic carbocycles. The Bertz CT molecular complexity index is 689. The van der Waals surface area contributed by atoms with Gasteiger partial charge in [-0.3, -0.25) is 4.79 Å². The topological polar surface area (TPSA) is 58.4 Å². The quantitative estimate of drug-likeness (QED) is 0.675. The summed E-state index contributed by atoms with van der Waals surface area (Å²) in [6.07, 6.45) is 0.981. The molecule has 0 heterocycles. The highest BCUT2D eigenvalue weighted by Gasteiger charge is 2.30. The lowest BCUT2D eigenvalue weighted by Gasteiger charge is -2.24. The number of hydrogen-bond acceptors (Lipinski definition) is 3. The standard InChI is InChI=1S/C19H24BrN3O.2ClH/c1-19(21,15-6-8-16(20)9-7-15)18(24)22-17-10-4-14(5-11-17)12-13-23(2)3;;/h4-11H,12-13,21H2,1-3H3,(H,22,24);2*1H. The maximum Gasteiger partial charge on any atom is 0.248 e. The van der Waals surface area contributed by atoms with Gasteiger partial charge in [0.15, 0.2) is 0 Å². The molecule has 0 bridgehead atoms. The summed E-state index contributed by atoms with van der Waals surface area (Å²) < 4.78 is 0.954. The number of halogens is 3.